The Kier molecular flexibility index (Phi) is 3.90. The van der Waals surface area contributed by atoms with Crippen LogP contribution < -0.4 is 24.4 Å². The van der Waals surface area contributed by atoms with Gasteiger partial charge in [0, 0.05) is 37.3 Å². The molecule has 2 fully saturated rings. The Morgan fingerprint density at radius 2 is 1.96 bits per heavy atom. The Bertz CT molecular complexity index is 737. The lowest BCUT2D eigenvalue weighted by Crippen LogP contribution is -2.43. The topological polar surface area (TPSA) is 55.9 Å². The molecule has 0 amide bonds. The number of pyridine rings is 1. The van der Waals surface area contributed by atoms with Gasteiger partial charge in [-0.05, 0) is 18.6 Å². The fourth-order valence-electron chi connectivity index (χ4n) is 3.51. The van der Waals surface area contributed by atoms with Gasteiger partial charge in [-0.3, -0.25) is 4.98 Å². The smallest absolute Gasteiger partial charge is 0.164 e. The Morgan fingerprint density at radius 1 is 1.08 bits per heavy atom. The van der Waals surface area contributed by atoms with Gasteiger partial charge in [0.05, 0.1) is 32.3 Å². The van der Waals surface area contributed by atoms with Crippen molar-refractivity contribution in [2.75, 3.05) is 32.2 Å². The Balaban J connectivity index is 1.54. The van der Waals surface area contributed by atoms with E-state index in [0.29, 0.717) is 29.3 Å². The van der Waals surface area contributed by atoms with E-state index in [0.717, 1.165) is 24.5 Å². The van der Waals surface area contributed by atoms with E-state index in [2.05, 4.69) is 15.2 Å². The van der Waals surface area contributed by atoms with Crippen LogP contribution in [0.4, 0.5) is 5.69 Å². The predicted molar refractivity (Wildman–Crippen MR) is 91.4 cm³/mol. The largest absolute Gasteiger partial charge is 0.493 e. The van der Waals surface area contributed by atoms with Gasteiger partial charge in [0.25, 0.3) is 0 Å². The van der Waals surface area contributed by atoms with Crippen molar-refractivity contribution in [3.05, 3.63) is 36.7 Å². The molecule has 0 radical (unpaired) electrons. The second kappa shape index (κ2) is 6.20. The first kappa shape index (κ1) is 15.1. The molecule has 2 aliphatic heterocycles. The summed E-state index contributed by atoms with van der Waals surface area (Å²) in [5.41, 5.74) is 1.11. The van der Waals surface area contributed by atoms with Gasteiger partial charge >= 0.3 is 0 Å². The first-order valence-corrected chi connectivity index (χ1v) is 8.12. The summed E-state index contributed by atoms with van der Waals surface area (Å²) in [4.78, 5) is 6.75. The average molecular weight is 327 g/mol. The summed E-state index contributed by atoms with van der Waals surface area (Å²) in [6.45, 7) is 2.08. The molecule has 0 spiro atoms. The minimum Gasteiger partial charge on any atom is -0.493 e. The van der Waals surface area contributed by atoms with Gasteiger partial charge in [-0.2, -0.15) is 0 Å². The van der Waals surface area contributed by atoms with Gasteiger partial charge in [0.1, 0.15) is 11.5 Å². The monoisotopic (exact) mass is 327 g/mol. The molecule has 24 heavy (non-hydrogen) atoms. The van der Waals surface area contributed by atoms with Crippen LogP contribution >= 0.6 is 0 Å². The Hall–Kier alpha value is -2.47. The molecule has 2 aliphatic rings. The highest BCUT2D eigenvalue weighted by Crippen LogP contribution is 2.35. The highest BCUT2D eigenvalue weighted by Gasteiger charge is 2.37. The van der Waals surface area contributed by atoms with Crippen LogP contribution in [-0.4, -0.2) is 44.4 Å². The third kappa shape index (κ3) is 2.73. The molecule has 2 aromatic rings. The van der Waals surface area contributed by atoms with Crippen LogP contribution in [0, 0.1) is 0 Å². The van der Waals surface area contributed by atoms with E-state index in [1.54, 1.807) is 20.4 Å². The number of methoxy groups -OCH3 is 2. The van der Waals surface area contributed by atoms with E-state index < -0.39 is 0 Å². The number of nitrogens with one attached hydrogen (secondary N) is 1. The molecule has 2 atom stereocenters. The van der Waals surface area contributed by atoms with Gasteiger partial charge in [0.2, 0.25) is 0 Å². The molecule has 1 aromatic carbocycles. The minimum absolute atomic E-state index is 0.563. The minimum atomic E-state index is 0.563. The number of fused-ring (bicyclic) bond motifs is 2. The summed E-state index contributed by atoms with van der Waals surface area (Å²) < 4.78 is 16.5. The average Bonchev–Trinajstić information content (AvgIpc) is 3.25. The third-order valence-corrected chi connectivity index (χ3v) is 4.68. The summed E-state index contributed by atoms with van der Waals surface area (Å²) in [6.07, 6.45) is 4.84. The molecule has 1 aromatic heterocycles. The van der Waals surface area contributed by atoms with Crippen molar-refractivity contribution in [3.8, 4) is 23.0 Å². The summed E-state index contributed by atoms with van der Waals surface area (Å²) in [5.74, 6) is 2.73. The molecule has 2 saturated heterocycles. The summed E-state index contributed by atoms with van der Waals surface area (Å²) in [6, 6.07) is 8.71. The van der Waals surface area contributed by atoms with Crippen LogP contribution in [-0.2, 0) is 0 Å². The zero-order valence-corrected chi connectivity index (χ0v) is 13.9. The molecular weight excluding hydrogens is 306 g/mol. The number of rotatable bonds is 5. The molecule has 3 heterocycles. The standard InChI is InChI=1S/C18H21N3O3/c1-22-17-4-3-15(7-18(17)23-2)24-16-6-14(8-19-10-16)21-11-12-5-13(21)9-20-12/h3-4,6-8,10,12-13,20H,5,9,11H2,1-2H3/t12-,13+/m1/s1. The van der Waals surface area contributed by atoms with E-state index in [-0.39, 0.29) is 0 Å². The number of anilines is 1. The number of hydrogen-bond donors (Lipinski definition) is 1. The van der Waals surface area contributed by atoms with Crippen molar-refractivity contribution >= 4 is 5.69 Å². The summed E-state index contributed by atoms with van der Waals surface area (Å²) in [7, 11) is 3.23. The zero-order chi connectivity index (χ0) is 16.5. The molecule has 6 nitrogen and oxygen atoms in total. The second-order valence-electron chi connectivity index (χ2n) is 6.14. The quantitative estimate of drug-likeness (QED) is 0.910. The molecule has 0 saturated carbocycles. The third-order valence-electron chi connectivity index (χ3n) is 4.68. The van der Waals surface area contributed by atoms with E-state index in [9.17, 15) is 0 Å². The highest BCUT2D eigenvalue weighted by atomic mass is 16.5. The number of aromatic nitrogens is 1. The molecule has 0 aliphatic carbocycles. The number of benzene rings is 1. The fourth-order valence-corrected chi connectivity index (χ4v) is 3.51. The molecule has 2 bridgehead atoms. The first-order valence-electron chi connectivity index (χ1n) is 8.12. The van der Waals surface area contributed by atoms with Gasteiger partial charge < -0.3 is 24.4 Å². The maximum absolute atomic E-state index is 5.96. The Labute approximate surface area is 141 Å². The van der Waals surface area contributed by atoms with E-state index in [4.69, 9.17) is 14.2 Å². The van der Waals surface area contributed by atoms with Crippen LogP contribution in [0.2, 0.25) is 0 Å². The van der Waals surface area contributed by atoms with E-state index >= 15 is 0 Å². The highest BCUT2D eigenvalue weighted by molar-refractivity contribution is 5.53. The van der Waals surface area contributed by atoms with Crippen molar-refractivity contribution < 1.29 is 14.2 Å². The normalized spacial score (nSPS) is 21.8. The molecule has 6 heteroatoms. The number of hydrogen-bond acceptors (Lipinski definition) is 6. The van der Waals surface area contributed by atoms with Crippen LogP contribution in [0.25, 0.3) is 0 Å². The van der Waals surface area contributed by atoms with Crippen molar-refractivity contribution in [3.63, 3.8) is 0 Å². The van der Waals surface area contributed by atoms with E-state index in [1.807, 2.05) is 30.5 Å². The SMILES string of the molecule is COc1ccc(Oc2cncc(N3C[C@H]4C[C@H]3CN4)c2)cc1OC. The maximum Gasteiger partial charge on any atom is 0.164 e. The zero-order valence-electron chi connectivity index (χ0n) is 13.9. The van der Waals surface area contributed by atoms with E-state index in [1.165, 1.54) is 6.42 Å². The fraction of sp³-hybridized carbons (Fsp3) is 0.389. The number of piperazine rings is 1. The van der Waals surface area contributed by atoms with Gasteiger partial charge in [-0.25, -0.2) is 0 Å². The maximum atomic E-state index is 5.96. The first-order chi connectivity index (χ1) is 11.8. The van der Waals surface area contributed by atoms with Crippen LogP contribution in [0.15, 0.2) is 36.7 Å². The lowest BCUT2D eigenvalue weighted by atomic mass is 10.2. The van der Waals surface area contributed by atoms with Gasteiger partial charge in [-0.15, -0.1) is 0 Å². The van der Waals surface area contributed by atoms with Crippen molar-refractivity contribution in [1.82, 2.24) is 10.3 Å². The Morgan fingerprint density at radius 3 is 2.67 bits per heavy atom. The molecule has 0 unspecified atom stereocenters. The van der Waals surface area contributed by atoms with Crippen LogP contribution in [0.5, 0.6) is 23.0 Å². The summed E-state index contributed by atoms with van der Waals surface area (Å²) in [5, 5.41) is 3.51. The van der Waals surface area contributed by atoms with Crippen LogP contribution in [0.1, 0.15) is 6.42 Å². The van der Waals surface area contributed by atoms with Crippen molar-refractivity contribution in [2.45, 2.75) is 18.5 Å². The van der Waals surface area contributed by atoms with Crippen molar-refractivity contribution in [2.24, 2.45) is 0 Å². The lowest BCUT2D eigenvalue weighted by Gasteiger charge is -2.29. The molecular formula is C18H21N3O3. The summed E-state index contributed by atoms with van der Waals surface area (Å²) >= 11 is 0. The number of nitrogens with zero attached hydrogens (tertiary/aromatic N) is 2. The van der Waals surface area contributed by atoms with Gasteiger partial charge in [0.15, 0.2) is 11.5 Å². The molecule has 1 N–H and O–H groups in total. The van der Waals surface area contributed by atoms with Crippen LogP contribution in [0.3, 0.4) is 0 Å². The lowest BCUT2D eigenvalue weighted by molar-refractivity contribution is 0.352. The second-order valence-corrected chi connectivity index (χ2v) is 6.14. The van der Waals surface area contributed by atoms with Crippen molar-refractivity contribution in [1.29, 1.82) is 0 Å². The number of ether oxygens (including phenoxy) is 3. The predicted octanol–water partition coefficient (Wildman–Crippen LogP) is 2.44. The molecule has 4 rings (SSSR count). The molecule has 126 valence electrons. The van der Waals surface area contributed by atoms with Gasteiger partial charge in [-0.1, -0.05) is 0 Å².